The van der Waals surface area contributed by atoms with E-state index in [0.717, 1.165) is 62.9 Å². The van der Waals surface area contributed by atoms with Gasteiger partial charge in [-0.05, 0) is 68.4 Å². The second-order valence-corrected chi connectivity index (χ2v) is 10.2. The number of rotatable bonds is 9. The van der Waals surface area contributed by atoms with Crippen molar-refractivity contribution in [3.8, 4) is 11.5 Å². The average Bonchev–Trinajstić information content (AvgIpc) is 3.44. The highest BCUT2D eigenvalue weighted by atomic mass is 32.1. The molecule has 4 heterocycles. The highest BCUT2D eigenvalue weighted by molar-refractivity contribution is 7.80. The molecule has 3 aromatic rings. The number of ether oxygens (including phenoxy) is 3. The van der Waals surface area contributed by atoms with Crippen LogP contribution in [0, 0.1) is 13.8 Å². The average molecular weight is 536 g/mol. The minimum atomic E-state index is -0.113. The Kier molecular flexibility index (Phi) is 8.16. The first kappa shape index (κ1) is 26.5. The molecule has 8 nitrogen and oxygen atoms in total. The summed E-state index contributed by atoms with van der Waals surface area (Å²) >= 11 is 5.95. The van der Waals surface area contributed by atoms with Crippen LogP contribution < -0.4 is 19.7 Å². The number of methoxy groups -OCH3 is 2. The SMILES string of the molecule is COc1ccc(N2C(=S)N[C@H](c3ccccn3)[C@@H]2c2cc(C)n(CCCN3CCOCC3)c2C)c(OC)c1. The Hall–Kier alpha value is -3.14. The topological polar surface area (TPSA) is 64.0 Å². The summed E-state index contributed by atoms with van der Waals surface area (Å²) in [6, 6.07) is 14.0. The molecule has 0 unspecified atom stereocenters. The lowest BCUT2D eigenvalue weighted by Gasteiger charge is -2.29. The summed E-state index contributed by atoms with van der Waals surface area (Å²) in [4.78, 5) is 9.37. The minimum Gasteiger partial charge on any atom is -0.497 e. The molecule has 2 aliphatic heterocycles. The van der Waals surface area contributed by atoms with Gasteiger partial charge in [-0.2, -0.15) is 0 Å². The van der Waals surface area contributed by atoms with E-state index in [1.165, 1.54) is 17.0 Å². The zero-order valence-corrected chi connectivity index (χ0v) is 23.5. The molecule has 2 aromatic heterocycles. The number of benzene rings is 1. The molecule has 0 spiro atoms. The van der Waals surface area contributed by atoms with Gasteiger partial charge in [-0.25, -0.2) is 0 Å². The van der Waals surface area contributed by atoms with Crippen molar-refractivity contribution in [2.75, 3.05) is 52.0 Å². The Morgan fingerprint density at radius 1 is 1.05 bits per heavy atom. The first-order chi connectivity index (χ1) is 18.5. The molecule has 1 N–H and O–H groups in total. The molecule has 9 heteroatoms. The van der Waals surface area contributed by atoms with Crippen LogP contribution in [-0.4, -0.2) is 66.6 Å². The van der Waals surface area contributed by atoms with Crippen molar-refractivity contribution in [2.24, 2.45) is 0 Å². The van der Waals surface area contributed by atoms with Crippen LogP contribution in [0.3, 0.4) is 0 Å². The van der Waals surface area contributed by atoms with Gasteiger partial charge in [0.2, 0.25) is 0 Å². The van der Waals surface area contributed by atoms with E-state index < -0.39 is 0 Å². The van der Waals surface area contributed by atoms with Crippen molar-refractivity contribution < 1.29 is 14.2 Å². The van der Waals surface area contributed by atoms with Crippen LogP contribution in [0.15, 0.2) is 48.7 Å². The molecule has 0 amide bonds. The second kappa shape index (κ2) is 11.7. The molecule has 2 saturated heterocycles. The molecular weight excluding hydrogens is 498 g/mol. The summed E-state index contributed by atoms with van der Waals surface area (Å²) < 4.78 is 19.2. The largest absolute Gasteiger partial charge is 0.497 e. The van der Waals surface area contributed by atoms with E-state index in [9.17, 15) is 0 Å². The van der Waals surface area contributed by atoms with Crippen LogP contribution >= 0.6 is 12.2 Å². The normalized spacial score (nSPS) is 20.0. The molecule has 38 heavy (non-hydrogen) atoms. The number of nitrogens with one attached hydrogen (secondary N) is 1. The third kappa shape index (κ3) is 5.23. The summed E-state index contributed by atoms with van der Waals surface area (Å²) in [5, 5.41) is 4.21. The number of pyridine rings is 1. The van der Waals surface area contributed by atoms with Gasteiger partial charge in [0.15, 0.2) is 5.11 Å². The maximum Gasteiger partial charge on any atom is 0.174 e. The Morgan fingerprint density at radius 3 is 2.58 bits per heavy atom. The zero-order chi connectivity index (χ0) is 26.6. The van der Waals surface area contributed by atoms with E-state index in [4.69, 9.17) is 31.4 Å². The third-order valence-electron chi connectivity index (χ3n) is 7.64. The molecule has 5 rings (SSSR count). The van der Waals surface area contributed by atoms with E-state index in [-0.39, 0.29) is 12.1 Å². The standard InChI is InChI=1S/C29H37N5O3S/c1-20-18-23(21(2)33(20)13-7-12-32-14-16-37-17-15-32)28-27(24-8-5-6-11-30-24)31-29(38)34(28)25-10-9-22(35-3)19-26(25)36-4/h5-6,8-11,18-19,27-28H,7,12-17H2,1-4H3,(H,31,38)/t27-,28+/m1/s1. The first-order valence-corrected chi connectivity index (χ1v) is 13.6. The third-order valence-corrected chi connectivity index (χ3v) is 7.95. The predicted molar refractivity (Wildman–Crippen MR) is 153 cm³/mol. The number of anilines is 1. The van der Waals surface area contributed by atoms with Crippen molar-refractivity contribution in [2.45, 2.75) is 38.9 Å². The molecule has 1 aromatic carbocycles. The summed E-state index contributed by atoms with van der Waals surface area (Å²) in [6.07, 6.45) is 2.93. The maximum atomic E-state index is 5.95. The van der Waals surface area contributed by atoms with Crippen LogP contribution in [0.25, 0.3) is 0 Å². The number of morpholine rings is 1. The quantitative estimate of drug-likeness (QED) is 0.404. The van der Waals surface area contributed by atoms with Gasteiger partial charge in [0.1, 0.15) is 11.5 Å². The predicted octanol–water partition coefficient (Wildman–Crippen LogP) is 4.42. The fourth-order valence-electron chi connectivity index (χ4n) is 5.66. The molecule has 0 bridgehead atoms. The second-order valence-electron chi connectivity index (χ2n) is 9.82. The molecule has 2 atom stereocenters. The molecule has 2 aliphatic rings. The lowest BCUT2D eigenvalue weighted by Crippen LogP contribution is -2.37. The Morgan fingerprint density at radius 2 is 1.87 bits per heavy atom. The van der Waals surface area contributed by atoms with Gasteiger partial charge in [-0.15, -0.1) is 0 Å². The van der Waals surface area contributed by atoms with Crippen molar-refractivity contribution in [1.29, 1.82) is 0 Å². The van der Waals surface area contributed by atoms with Crippen LogP contribution in [0.2, 0.25) is 0 Å². The highest BCUT2D eigenvalue weighted by Gasteiger charge is 2.43. The van der Waals surface area contributed by atoms with Gasteiger partial charge in [-0.3, -0.25) is 9.88 Å². The van der Waals surface area contributed by atoms with Gasteiger partial charge in [0, 0.05) is 49.8 Å². The van der Waals surface area contributed by atoms with Crippen LogP contribution in [0.5, 0.6) is 11.5 Å². The molecule has 0 saturated carbocycles. The first-order valence-electron chi connectivity index (χ1n) is 13.2. The monoisotopic (exact) mass is 535 g/mol. The van der Waals surface area contributed by atoms with Crippen LogP contribution in [0.1, 0.15) is 41.1 Å². The Balaban J connectivity index is 1.51. The van der Waals surface area contributed by atoms with E-state index in [1.807, 2.05) is 36.5 Å². The molecule has 0 radical (unpaired) electrons. The van der Waals surface area contributed by atoms with Gasteiger partial charge in [-0.1, -0.05) is 6.07 Å². The highest BCUT2D eigenvalue weighted by Crippen LogP contribution is 2.46. The van der Waals surface area contributed by atoms with Gasteiger partial charge in [0.25, 0.3) is 0 Å². The lowest BCUT2D eigenvalue weighted by atomic mass is 9.96. The van der Waals surface area contributed by atoms with E-state index in [1.54, 1.807) is 14.2 Å². The number of aromatic nitrogens is 2. The van der Waals surface area contributed by atoms with Crippen molar-refractivity contribution in [3.05, 3.63) is 71.3 Å². The Labute approximate surface area is 230 Å². The smallest absolute Gasteiger partial charge is 0.174 e. The maximum absolute atomic E-state index is 5.95. The number of hydrogen-bond acceptors (Lipinski definition) is 6. The van der Waals surface area contributed by atoms with E-state index in [0.29, 0.717) is 10.9 Å². The summed E-state index contributed by atoms with van der Waals surface area (Å²) in [7, 11) is 3.33. The molecular formula is C29H37N5O3S. The van der Waals surface area contributed by atoms with Gasteiger partial charge in [0.05, 0.1) is 50.9 Å². The van der Waals surface area contributed by atoms with Crippen LogP contribution in [-0.2, 0) is 11.3 Å². The summed E-state index contributed by atoms with van der Waals surface area (Å²) in [5.74, 6) is 1.44. The number of aryl methyl sites for hydroxylation is 1. The summed E-state index contributed by atoms with van der Waals surface area (Å²) in [5.41, 5.74) is 5.58. The molecule has 202 valence electrons. The van der Waals surface area contributed by atoms with E-state index >= 15 is 0 Å². The Bertz CT molecular complexity index is 1260. The minimum absolute atomic E-state index is 0.0983. The van der Waals surface area contributed by atoms with Gasteiger partial charge < -0.3 is 29.0 Å². The number of thiocarbonyl (C=S) groups is 1. The number of nitrogens with zero attached hydrogens (tertiary/aromatic N) is 4. The number of hydrogen-bond donors (Lipinski definition) is 1. The molecule has 0 aliphatic carbocycles. The summed E-state index contributed by atoms with van der Waals surface area (Å²) in [6.45, 7) is 10.2. The van der Waals surface area contributed by atoms with Crippen molar-refractivity contribution >= 4 is 23.0 Å². The van der Waals surface area contributed by atoms with E-state index in [2.05, 4.69) is 45.7 Å². The van der Waals surface area contributed by atoms with Gasteiger partial charge >= 0.3 is 0 Å². The van der Waals surface area contributed by atoms with Crippen molar-refractivity contribution in [1.82, 2.24) is 19.8 Å². The lowest BCUT2D eigenvalue weighted by molar-refractivity contribution is 0.0369. The fraction of sp³-hybridized carbons (Fsp3) is 0.448. The zero-order valence-electron chi connectivity index (χ0n) is 22.6. The van der Waals surface area contributed by atoms with Crippen LogP contribution in [0.4, 0.5) is 5.69 Å². The van der Waals surface area contributed by atoms with Crippen molar-refractivity contribution in [3.63, 3.8) is 0 Å². The molecule has 2 fully saturated rings. The fourth-order valence-corrected chi connectivity index (χ4v) is 6.00.